The largest absolute Gasteiger partial charge is 0.324 e. The molecule has 0 aliphatic rings. The molecule has 0 amide bonds. The molecule has 0 atom stereocenters. The Morgan fingerprint density at radius 1 is 1.26 bits per heavy atom. The summed E-state index contributed by atoms with van der Waals surface area (Å²) in [6, 6.07) is 10.2. The minimum atomic E-state index is 0.364. The fourth-order valence-electron chi connectivity index (χ4n) is 2.20. The highest BCUT2D eigenvalue weighted by Crippen LogP contribution is 2.18. The number of nitrogens with two attached hydrogens (primary N) is 1. The Bertz CT molecular complexity index is 717. The van der Waals surface area contributed by atoms with E-state index >= 15 is 0 Å². The van der Waals surface area contributed by atoms with E-state index < -0.39 is 0 Å². The molecule has 0 unspecified atom stereocenters. The highest BCUT2D eigenvalue weighted by atomic mass is 15.3. The van der Waals surface area contributed by atoms with Gasteiger partial charge in [-0.15, -0.1) is 0 Å². The van der Waals surface area contributed by atoms with Crippen LogP contribution in [0, 0.1) is 6.92 Å². The van der Waals surface area contributed by atoms with E-state index in [0.717, 1.165) is 16.6 Å². The number of hydrogen-bond acceptors (Lipinski definition) is 4. The molecule has 5 heteroatoms. The maximum atomic E-state index is 5.52. The highest BCUT2D eigenvalue weighted by Gasteiger charge is 2.06. The van der Waals surface area contributed by atoms with Crippen LogP contribution in [-0.4, -0.2) is 19.7 Å². The summed E-state index contributed by atoms with van der Waals surface area (Å²) in [7, 11) is 0. The molecule has 2 heterocycles. The van der Waals surface area contributed by atoms with Gasteiger partial charge in [-0.2, -0.15) is 5.10 Å². The number of hydrogen-bond donors (Lipinski definition) is 1. The lowest BCUT2D eigenvalue weighted by Crippen LogP contribution is -2.04. The second kappa shape index (κ2) is 4.78. The molecule has 0 spiro atoms. The summed E-state index contributed by atoms with van der Waals surface area (Å²) >= 11 is 0. The molecule has 0 fully saturated rings. The fraction of sp³-hybridized carbons (Fsp3) is 0.214. The molecular weight excluding hydrogens is 238 g/mol. The third-order valence-electron chi connectivity index (χ3n) is 3.03. The van der Waals surface area contributed by atoms with Gasteiger partial charge >= 0.3 is 0 Å². The van der Waals surface area contributed by atoms with E-state index in [1.807, 2.05) is 29.8 Å². The third kappa shape index (κ3) is 2.32. The molecule has 0 saturated carbocycles. The number of benzene rings is 1. The second-order valence-corrected chi connectivity index (χ2v) is 4.50. The second-order valence-electron chi connectivity index (χ2n) is 4.50. The van der Waals surface area contributed by atoms with Crippen molar-refractivity contribution < 1.29 is 0 Å². The first-order chi connectivity index (χ1) is 9.26. The number of para-hydroxylation sites is 1. The van der Waals surface area contributed by atoms with Gasteiger partial charge < -0.3 is 5.73 Å². The summed E-state index contributed by atoms with van der Waals surface area (Å²) in [6.07, 6.45) is 1.72. The Labute approximate surface area is 111 Å². The Hall–Kier alpha value is -2.27. The number of nitrogens with zero attached hydrogens (tertiary/aromatic N) is 4. The molecule has 96 valence electrons. The zero-order valence-corrected chi connectivity index (χ0v) is 10.7. The van der Waals surface area contributed by atoms with E-state index in [0.29, 0.717) is 18.9 Å². The van der Waals surface area contributed by atoms with Crippen molar-refractivity contribution in [3.8, 4) is 0 Å². The SMILES string of the molecule is Cc1cc(Cn2cnc(CN)n2)c2ccccc2n1. The Balaban J connectivity index is 2.04. The zero-order valence-electron chi connectivity index (χ0n) is 10.7. The van der Waals surface area contributed by atoms with Crippen molar-refractivity contribution in [2.45, 2.75) is 20.0 Å². The predicted octanol–water partition coefficient (Wildman–Crippen LogP) is 1.64. The van der Waals surface area contributed by atoms with Gasteiger partial charge in [0.15, 0.2) is 5.82 Å². The molecule has 3 rings (SSSR count). The van der Waals surface area contributed by atoms with Crippen molar-refractivity contribution in [3.05, 3.63) is 53.7 Å². The number of pyridine rings is 1. The molecule has 0 bridgehead atoms. The Kier molecular flexibility index (Phi) is 2.97. The molecule has 5 nitrogen and oxygen atoms in total. The smallest absolute Gasteiger partial charge is 0.164 e. The van der Waals surface area contributed by atoms with Gasteiger partial charge in [0.25, 0.3) is 0 Å². The minimum absolute atomic E-state index is 0.364. The van der Waals surface area contributed by atoms with Gasteiger partial charge in [-0.1, -0.05) is 18.2 Å². The number of aryl methyl sites for hydroxylation is 1. The molecule has 0 aliphatic heterocycles. The first-order valence-electron chi connectivity index (χ1n) is 6.20. The molecule has 0 aliphatic carbocycles. The van der Waals surface area contributed by atoms with E-state index in [1.165, 1.54) is 5.56 Å². The summed E-state index contributed by atoms with van der Waals surface area (Å²) < 4.78 is 1.81. The molecule has 3 aromatic rings. The van der Waals surface area contributed by atoms with E-state index in [1.54, 1.807) is 6.33 Å². The minimum Gasteiger partial charge on any atom is -0.324 e. The van der Waals surface area contributed by atoms with Crippen LogP contribution in [0.25, 0.3) is 10.9 Å². The zero-order chi connectivity index (χ0) is 13.2. The summed E-state index contributed by atoms with van der Waals surface area (Å²) in [5.41, 5.74) is 8.73. The standard InChI is InChI=1S/C14H15N5/c1-10-6-11(8-19-9-16-14(7-15)18-19)12-4-2-3-5-13(12)17-10/h2-6,9H,7-8,15H2,1H3. The van der Waals surface area contributed by atoms with Crippen LogP contribution in [0.4, 0.5) is 0 Å². The van der Waals surface area contributed by atoms with Gasteiger partial charge in [0.05, 0.1) is 18.6 Å². The normalized spacial score (nSPS) is 11.1. The third-order valence-corrected chi connectivity index (χ3v) is 3.03. The quantitative estimate of drug-likeness (QED) is 0.770. The first kappa shape index (κ1) is 11.8. The molecule has 1 aromatic carbocycles. The number of fused-ring (bicyclic) bond motifs is 1. The van der Waals surface area contributed by atoms with E-state index in [-0.39, 0.29) is 0 Å². The summed E-state index contributed by atoms with van der Waals surface area (Å²) in [5.74, 6) is 0.662. The molecule has 19 heavy (non-hydrogen) atoms. The van der Waals surface area contributed by atoms with Gasteiger partial charge in [0.1, 0.15) is 6.33 Å². The van der Waals surface area contributed by atoms with Crippen LogP contribution >= 0.6 is 0 Å². The Morgan fingerprint density at radius 2 is 2.11 bits per heavy atom. The van der Waals surface area contributed by atoms with Crippen LogP contribution in [0.3, 0.4) is 0 Å². The summed E-state index contributed by atoms with van der Waals surface area (Å²) in [6.45, 7) is 3.04. The average Bonchev–Trinajstić information content (AvgIpc) is 2.86. The summed E-state index contributed by atoms with van der Waals surface area (Å²) in [5, 5.41) is 5.47. The molecule has 0 saturated heterocycles. The molecule has 2 aromatic heterocycles. The van der Waals surface area contributed by atoms with Gasteiger partial charge in [-0.05, 0) is 24.6 Å². The topological polar surface area (TPSA) is 69.6 Å². The molecule has 0 radical (unpaired) electrons. The van der Waals surface area contributed by atoms with Gasteiger partial charge in [-0.25, -0.2) is 9.67 Å². The maximum absolute atomic E-state index is 5.52. The van der Waals surface area contributed by atoms with Crippen LogP contribution in [-0.2, 0) is 13.1 Å². The van der Waals surface area contributed by atoms with E-state index in [9.17, 15) is 0 Å². The fourth-order valence-corrected chi connectivity index (χ4v) is 2.20. The number of rotatable bonds is 3. The van der Waals surface area contributed by atoms with Crippen molar-refractivity contribution in [2.24, 2.45) is 5.73 Å². The van der Waals surface area contributed by atoms with Crippen LogP contribution in [0.15, 0.2) is 36.7 Å². The molecular formula is C14H15N5. The van der Waals surface area contributed by atoms with E-state index in [4.69, 9.17) is 5.73 Å². The van der Waals surface area contributed by atoms with Crippen LogP contribution in [0.1, 0.15) is 17.1 Å². The highest BCUT2D eigenvalue weighted by molar-refractivity contribution is 5.82. The lowest BCUT2D eigenvalue weighted by molar-refractivity contribution is 0.674. The maximum Gasteiger partial charge on any atom is 0.164 e. The first-order valence-corrected chi connectivity index (χ1v) is 6.20. The van der Waals surface area contributed by atoms with Gasteiger partial charge in [-0.3, -0.25) is 4.98 Å². The van der Waals surface area contributed by atoms with E-state index in [2.05, 4.69) is 27.2 Å². The monoisotopic (exact) mass is 253 g/mol. The van der Waals surface area contributed by atoms with Gasteiger partial charge in [0, 0.05) is 11.1 Å². The van der Waals surface area contributed by atoms with Crippen molar-refractivity contribution in [3.63, 3.8) is 0 Å². The average molecular weight is 253 g/mol. The van der Waals surface area contributed by atoms with Crippen LogP contribution in [0.5, 0.6) is 0 Å². The van der Waals surface area contributed by atoms with Crippen molar-refractivity contribution in [1.29, 1.82) is 0 Å². The van der Waals surface area contributed by atoms with Crippen molar-refractivity contribution in [1.82, 2.24) is 19.7 Å². The van der Waals surface area contributed by atoms with Gasteiger partial charge in [0.2, 0.25) is 0 Å². The predicted molar refractivity (Wildman–Crippen MR) is 73.5 cm³/mol. The van der Waals surface area contributed by atoms with Crippen LogP contribution < -0.4 is 5.73 Å². The molecule has 2 N–H and O–H groups in total. The lowest BCUT2D eigenvalue weighted by atomic mass is 10.1. The van der Waals surface area contributed by atoms with Crippen molar-refractivity contribution in [2.75, 3.05) is 0 Å². The Morgan fingerprint density at radius 3 is 2.89 bits per heavy atom. The number of aromatic nitrogens is 4. The van der Waals surface area contributed by atoms with Crippen LogP contribution in [0.2, 0.25) is 0 Å². The summed E-state index contributed by atoms with van der Waals surface area (Å²) in [4.78, 5) is 8.68. The lowest BCUT2D eigenvalue weighted by Gasteiger charge is -2.07. The van der Waals surface area contributed by atoms with Crippen molar-refractivity contribution >= 4 is 10.9 Å².